The number of hydrogen-bond donors (Lipinski definition) is 6. The maximum atomic E-state index is 13.4. The highest BCUT2D eigenvalue weighted by Gasteiger charge is 2.47. The molecule has 0 saturated carbocycles. The third-order valence-corrected chi connectivity index (χ3v) is 15.2. The lowest BCUT2D eigenvalue weighted by molar-refractivity contribution is -0.305. The topological polar surface area (TPSA) is 175 Å². The fourth-order valence-corrected chi connectivity index (χ4v) is 9.94. The number of esters is 1. The normalized spacial score (nSPS) is 19.2. The SMILES string of the molecule is CC/C=C\C/C=C\C/C=C\C/C=C\C/C=C\CCCCCCCCCCCC(=O)OC1C(OCC(NC(=O)C(O)CCCCCCCC/C=C\C/C=C\CCCCC)C(O)/C=C/CCCCCCCCCCCC)OC(CO)C(O)C1O. The number of aliphatic hydroxyl groups excluding tert-OH is 5. The molecule has 11 heteroatoms. The number of nitrogens with one attached hydrogen (secondary N) is 1. The van der Waals surface area contributed by atoms with E-state index in [4.69, 9.17) is 14.2 Å². The Morgan fingerprint density at radius 2 is 0.878 bits per heavy atom. The molecular formula is C71H123NO10. The van der Waals surface area contributed by atoms with Crippen LogP contribution in [0.15, 0.2) is 97.2 Å². The second-order valence-corrected chi connectivity index (χ2v) is 22.8. The number of ether oxygens (including phenoxy) is 3. The van der Waals surface area contributed by atoms with E-state index in [2.05, 4.69) is 111 Å². The van der Waals surface area contributed by atoms with Crippen LogP contribution < -0.4 is 5.32 Å². The van der Waals surface area contributed by atoms with Crippen LogP contribution in [0.25, 0.3) is 0 Å². The third kappa shape index (κ3) is 45.0. The molecule has 1 aliphatic rings. The molecule has 11 nitrogen and oxygen atoms in total. The summed E-state index contributed by atoms with van der Waals surface area (Å²) in [6.45, 7) is 5.65. The molecule has 8 unspecified atom stereocenters. The molecule has 1 amide bonds. The smallest absolute Gasteiger partial charge is 0.306 e. The van der Waals surface area contributed by atoms with Crippen molar-refractivity contribution in [1.82, 2.24) is 5.32 Å². The van der Waals surface area contributed by atoms with E-state index < -0.39 is 67.4 Å². The van der Waals surface area contributed by atoms with Crippen molar-refractivity contribution >= 4 is 11.9 Å². The summed E-state index contributed by atoms with van der Waals surface area (Å²) < 4.78 is 17.7. The van der Waals surface area contributed by atoms with Crippen molar-refractivity contribution in [3.05, 3.63) is 97.2 Å². The molecule has 82 heavy (non-hydrogen) atoms. The lowest BCUT2D eigenvalue weighted by Crippen LogP contribution is -2.61. The summed E-state index contributed by atoms with van der Waals surface area (Å²) >= 11 is 0. The highest BCUT2D eigenvalue weighted by Crippen LogP contribution is 2.26. The fraction of sp³-hybridized carbons (Fsp3) is 0.746. The quantitative estimate of drug-likeness (QED) is 0.0195. The van der Waals surface area contributed by atoms with E-state index in [0.717, 1.165) is 128 Å². The number of allylic oxidation sites excluding steroid dienone is 15. The van der Waals surface area contributed by atoms with Gasteiger partial charge in [-0.1, -0.05) is 266 Å². The molecule has 0 aliphatic carbocycles. The highest BCUT2D eigenvalue weighted by molar-refractivity contribution is 5.80. The third-order valence-electron chi connectivity index (χ3n) is 15.2. The molecule has 0 spiro atoms. The molecule has 0 radical (unpaired) electrons. The minimum absolute atomic E-state index is 0.111. The number of hydrogen-bond acceptors (Lipinski definition) is 10. The van der Waals surface area contributed by atoms with E-state index in [1.807, 2.05) is 6.08 Å². The van der Waals surface area contributed by atoms with Gasteiger partial charge >= 0.3 is 5.97 Å². The summed E-state index contributed by atoms with van der Waals surface area (Å²) in [6.07, 6.45) is 67.2. The Morgan fingerprint density at radius 1 is 0.488 bits per heavy atom. The van der Waals surface area contributed by atoms with Crippen LogP contribution in [0.3, 0.4) is 0 Å². The number of rotatable bonds is 56. The minimum Gasteiger partial charge on any atom is -0.454 e. The van der Waals surface area contributed by atoms with Gasteiger partial charge in [0.2, 0.25) is 5.91 Å². The van der Waals surface area contributed by atoms with E-state index in [0.29, 0.717) is 12.8 Å². The molecule has 0 aromatic rings. The minimum atomic E-state index is -1.62. The largest absolute Gasteiger partial charge is 0.454 e. The molecule has 0 bridgehead atoms. The van der Waals surface area contributed by atoms with Crippen LogP contribution in [0.2, 0.25) is 0 Å². The zero-order valence-electron chi connectivity index (χ0n) is 52.3. The van der Waals surface area contributed by atoms with Crippen LogP contribution in [0.1, 0.15) is 278 Å². The Bertz CT molecular complexity index is 1700. The summed E-state index contributed by atoms with van der Waals surface area (Å²) in [5.41, 5.74) is 0. The number of carbonyl (C=O) groups is 2. The van der Waals surface area contributed by atoms with E-state index in [-0.39, 0.29) is 19.4 Å². The van der Waals surface area contributed by atoms with Crippen molar-refractivity contribution in [3.8, 4) is 0 Å². The zero-order valence-corrected chi connectivity index (χ0v) is 52.3. The summed E-state index contributed by atoms with van der Waals surface area (Å²) in [7, 11) is 0. The number of unbranched alkanes of at least 4 members (excludes halogenated alkanes) is 28. The first kappa shape index (κ1) is 76.6. The maximum Gasteiger partial charge on any atom is 0.306 e. The predicted molar refractivity (Wildman–Crippen MR) is 342 cm³/mol. The Morgan fingerprint density at radius 3 is 1.34 bits per heavy atom. The van der Waals surface area contributed by atoms with E-state index in [1.165, 1.54) is 103 Å². The van der Waals surface area contributed by atoms with Crippen LogP contribution in [0, 0.1) is 0 Å². The molecule has 8 atom stereocenters. The van der Waals surface area contributed by atoms with Gasteiger partial charge in [0, 0.05) is 6.42 Å². The molecule has 1 saturated heterocycles. The van der Waals surface area contributed by atoms with Gasteiger partial charge in [-0.3, -0.25) is 9.59 Å². The van der Waals surface area contributed by atoms with Crippen LogP contribution in [-0.2, 0) is 23.8 Å². The molecule has 1 aliphatic heterocycles. The summed E-state index contributed by atoms with van der Waals surface area (Å²) in [6, 6.07) is -1.03. The molecule has 1 rings (SSSR count). The van der Waals surface area contributed by atoms with Crippen LogP contribution >= 0.6 is 0 Å². The molecule has 1 fully saturated rings. The van der Waals surface area contributed by atoms with Gasteiger partial charge in [-0.2, -0.15) is 0 Å². The second kappa shape index (κ2) is 58.0. The Hall–Kier alpha value is -3.42. The Kier molecular flexibility index (Phi) is 54.2. The fourth-order valence-electron chi connectivity index (χ4n) is 9.94. The van der Waals surface area contributed by atoms with Gasteiger partial charge in [0.15, 0.2) is 12.4 Å². The number of aliphatic hydroxyl groups is 5. The summed E-state index contributed by atoms with van der Waals surface area (Å²) in [4.78, 5) is 26.6. The van der Waals surface area contributed by atoms with Crippen molar-refractivity contribution in [2.75, 3.05) is 13.2 Å². The first-order chi connectivity index (χ1) is 40.2. The van der Waals surface area contributed by atoms with E-state index in [1.54, 1.807) is 6.08 Å². The van der Waals surface area contributed by atoms with Crippen LogP contribution in [-0.4, -0.2) is 99.6 Å². The maximum absolute atomic E-state index is 13.4. The molecule has 472 valence electrons. The molecule has 1 heterocycles. The van der Waals surface area contributed by atoms with Crippen LogP contribution in [0.5, 0.6) is 0 Å². The van der Waals surface area contributed by atoms with Gasteiger partial charge in [-0.05, 0) is 103 Å². The van der Waals surface area contributed by atoms with Crippen molar-refractivity contribution in [2.45, 2.75) is 327 Å². The van der Waals surface area contributed by atoms with E-state index >= 15 is 0 Å². The predicted octanol–water partition coefficient (Wildman–Crippen LogP) is 16.7. The first-order valence-electron chi connectivity index (χ1n) is 33.5. The zero-order chi connectivity index (χ0) is 59.6. The average molecular weight is 1150 g/mol. The van der Waals surface area contributed by atoms with Gasteiger partial charge in [0.05, 0.1) is 25.4 Å². The Labute approximate surface area is 501 Å². The summed E-state index contributed by atoms with van der Waals surface area (Å²) in [5, 5.41) is 57.1. The van der Waals surface area contributed by atoms with Crippen molar-refractivity contribution < 1.29 is 49.3 Å². The molecule has 6 N–H and O–H groups in total. The van der Waals surface area contributed by atoms with Crippen molar-refractivity contribution in [3.63, 3.8) is 0 Å². The Balaban J connectivity index is 2.61. The monoisotopic (exact) mass is 1150 g/mol. The van der Waals surface area contributed by atoms with Gasteiger partial charge < -0.3 is 45.1 Å². The van der Waals surface area contributed by atoms with Crippen molar-refractivity contribution in [1.29, 1.82) is 0 Å². The standard InChI is InChI=1S/C71H123NO10/c1-4-7-10-13-16-19-22-25-27-29-30-31-32-33-34-35-36-37-39-41-44-47-50-53-56-59-66(76)82-69-68(78)67(77)65(60-73)81-71(69)80-61-62(63(74)57-54-51-48-45-42-24-21-18-15-12-9-6-3)72-70(79)64(75)58-55-52-49-46-43-40-38-28-26-23-20-17-14-11-8-5-2/h7,10,16-17,19-20,25-28,30-31,33-34,54,57,62-65,67-69,71,73-75,77-78H,4-6,8-9,11-15,18,21-24,29,32,35-53,55-56,58-61H2,1-3H3,(H,72,79)/b10-7-,19-16-,20-17-,27-25-,28-26-,31-30-,34-33-,57-54+. The lowest BCUT2D eigenvalue weighted by atomic mass is 9.99. The van der Waals surface area contributed by atoms with Gasteiger partial charge in [0.25, 0.3) is 0 Å². The van der Waals surface area contributed by atoms with Crippen molar-refractivity contribution in [2.24, 2.45) is 0 Å². The number of amides is 1. The van der Waals surface area contributed by atoms with Gasteiger partial charge in [0.1, 0.15) is 24.4 Å². The van der Waals surface area contributed by atoms with Crippen LogP contribution in [0.4, 0.5) is 0 Å². The summed E-state index contributed by atoms with van der Waals surface area (Å²) in [5.74, 6) is -1.21. The molecular weight excluding hydrogens is 1030 g/mol. The van der Waals surface area contributed by atoms with E-state index in [9.17, 15) is 35.1 Å². The number of carbonyl (C=O) groups excluding carboxylic acids is 2. The molecule has 0 aromatic heterocycles. The first-order valence-corrected chi connectivity index (χ1v) is 33.5. The highest BCUT2D eigenvalue weighted by atomic mass is 16.7. The van der Waals surface area contributed by atoms with Gasteiger partial charge in [-0.25, -0.2) is 0 Å². The lowest BCUT2D eigenvalue weighted by Gasteiger charge is -2.41. The molecule has 0 aromatic carbocycles. The second-order valence-electron chi connectivity index (χ2n) is 22.8. The van der Waals surface area contributed by atoms with Gasteiger partial charge in [-0.15, -0.1) is 0 Å². The average Bonchev–Trinajstić information content (AvgIpc) is 3.56.